The Hall–Kier alpha value is -2.10. The van der Waals surface area contributed by atoms with E-state index in [9.17, 15) is 8.42 Å². The molecule has 4 N–H and O–H groups in total. The highest BCUT2D eigenvalue weighted by Gasteiger charge is 2.59. The Bertz CT molecular complexity index is 1180. The van der Waals surface area contributed by atoms with Crippen molar-refractivity contribution in [3.05, 3.63) is 86.5 Å². The maximum absolute atomic E-state index is 14.1. The first kappa shape index (κ1) is 21.1. The van der Waals surface area contributed by atoms with E-state index in [0.717, 1.165) is 5.56 Å². The van der Waals surface area contributed by atoms with E-state index in [-0.39, 0.29) is 17.4 Å². The van der Waals surface area contributed by atoms with Crippen molar-refractivity contribution in [2.75, 3.05) is 6.54 Å². The fourth-order valence-electron chi connectivity index (χ4n) is 3.74. The lowest BCUT2D eigenvalue weighted by molar-refractivity contribution is 0.338. The Morgan fingerprint density at radius 1 is 1.10 bits per heavy atom. The molecule has 1 aliphatic heterocycles. The third-order valence-electron chi connectivity index (χ3n) is 5.14. The fourth-order valence-corrected chi connectivity index (χ4v) is 7.47. The predicted molar refractivity (Wildman–Crippen MR) is 121 cm³/mol. The summed E-state index contributed by atoms with van der Waals surface area (Å²) >= 11 is 13.4. The fraction of sp³-hybridized carbons (Fsp3) is 0.150. The predicted octanol–water partition coefficient (Wildman–Crippen LogP) is 4.18. The molecule has 2 aromatic carbocycles. The summed E-state index contributed by atoms with van der Waals surface area (Å²) in [6, 6.07) is 18.7. The van der Waals surface area contributed by atoms with Gasteiger partial charge in [0.05, 0.1) is 9.23 Å². The number of sulfone groups is 1. The minimum atomic E-state index is -4.03. The highest BCUT2D eigenvalue weighted by atomic mass is 35.5. The second-order valence-corrected chi connectivity index (χ2v) is 11.1. The number of rotatable bonds is 4. The lowest BCUT2D eigenvalue weighted by atomic mass is 9.91. The van der Waals surface area contributed by atoms with Crippen molar-refractivity contribution in [3.8, 4) is 0 Å². The molecule has 0 saturated carbocycles. The average Bonchev–Trinajstić information content (AvgIpc) is 3.34. The zero-order chi connectivity index (χ0) is 21.5. The first-order chi connectivity index (χ1) is 14.3. The lowest BCUT2D eigenvalue weighted by Gasteiger charge is -2.34. The molecule has 0 aliphatic carbocycles. The van der Waals surface area contributed by atoms with Crippen LogP contribution in [0.1, 0.15) is 16.4 Å². The lowest BCUT2D eigenvalue weighted by Crippen LogP contribution is -2.53. The van der Waals surface area contributed by atoms with E-state index in [1.807, 2.05) is 30.3 Å². The SMILES string of the molecule is N=C(N)N1CC(c2ccccc2)C(c2ccc(Cl)s2)(S(=O)(=O)c2ccc(Cl)cc2)N1. The summed E-state index contributed by atoms with van der Waals surface area (Å²) in [5.74, 6) is -0.829. The molecule has 1 fully saturated rings. The van der Waals surface area contributed by atoms with E-state index in [4.69, 9.17) is 34.3 Å². The van der Waals surface area contributed by atoms with Crippen LogP contribution in [-0.4, -0.2) is 25.9 Å². The van der Waals surface area contributed by atoms with Gasteiger partial charge in [-0.05, 0) is 42.0 Å². The second kappa shape index (κ2) is 7.86. The van der Waals surface area contributed by atoms with Crippen LogP contribution in [0.15, 0.2) is 71.6 Å². The molecule has 156 valence electrons. The number of nitrogens with two attached hydrogens (primary N) is 1. The van der Waals surface area contributed by atoms with Crippen LogP contribution in [0.4, 0.5) is 0 Å². The number of nitrogens with zero attached hydrogens (tertiary/aromatic N) is 1. The normalized spacial score (nSPS) is 21.7. The molecule has 1 saturated heterocycles. The summed E-state index contributed by atoms with van der Waals surface area (Å²) in [5.41, 5.74) is 9.61. The van der Waals surface area contributed by atoms with Crippen molar-refractivity contribution in [3.63, 3.8) is 0 Å². The van der Waals surface area contributed by atoms with Crippen molar-refractivity contribution in [2.45, 2.75) is 15.7 Å². The van der Waals surface area contributed by atoms with Gasteiger partial charge in [0, 0.05) is 22.4 Å². The van der Waals surface area contributed by atoms with Gasteiger partial charge in [0.25, 0.3) is 0 Å². The largest absolute Gasteiger partial charge is 0.369 e. The van der Waals surface area contributed by atoms with E-state index in [1.54, 1.807) is 24.3 Å². The Balaban J connectivity index is 2.01. The van der Waals surface area contributed by atoms with Crippen molar-refractivity contribution in [1.29, 1.82) is 5.41 Å². The van der Waals surface area contributed by atoms with Crippen LogP contribution >= 0.6 is 34.5 Å². The number of hydrogen-bond acceptors (Lipinski definition) is 5. The van der Waals surface area contributed by atoms with Gasteiger partial charge < -0.3 is 5.73 Å². The van der Waals surface area contributed by atoms with E-state index in [0.29, 0.717) is 14.2 Å². The smallest absolute Gasteiger partial charge is 0.204 e. The van der Waals surface area contributed by atoms with Gasteiger partial charge in [-0.2, -0.15) is 0 Å². The van der Waals surface area contributed by atoms with Crippen molar-refractivity contribution < 1.29 is 8.42 Å². The highest BCUT2D eigenvalue weighted by molar-refractivity contribution is 7.92. The van der Waals surface area contributed by atoms with Gasteiger partial charge in [-0.15, -0.1) is 11.3 Å². The monoisotopic (exact) mass is 480 g/mol. The Kier molecular flexibility index (Phi) is 5.54. The summed E-state index contributed by atoms with van der Waals surface area (Å²) in [5, 5.41) is 9.73. The van der Waals surface area contributed by atoms with E-state index in [2.05, 4.69) is 5.43 Å². The number of nitrogens with one attached hydrogen (secondary N) is 2. The van der Waals surface area contributed by atoms with Gasteiger partial charge in [-0.25, -0.2) is 13.8 Å². The molecule has 10 heteroatoms. The van der Waals surface area contributed by atoms with Gasteiger partial charge in [-0.1, -0.05) is 53.5 Å². The molecule has 1 aromatic heterocycles. The summed E-state index contributed by atoms with van der Waals surface area (Å²) < 4.78 is 28.8. The number of hydrogen-bond donors (Lipinski definition) is 3. The van der Waals surface area contributed by atoms with Gasteiger partial charge in [0.2, 0.25) is 15.8 Å². The van der Waals surface area contributed by atoms with Gasteiger partial charge in [0.1, 0.15) is 0 Å². The maximum Gasteiger partial charge on any atom is 0.204 e. The number of halogens is 2. The first-order valence-corrected chi connectivity index (χ1v) is 12.0. The van der Waals surface area contributed by atoms with E-state index >= 15 is 0 Å². The molecule has 0 radical (unpaired) electrons. The number of hydrazine groups is 1. The second-order valence-electron chi connectivity index (χ2n) is 6.87. The molecule has 2 atom stereocenters. The van der Waals surface area contributed by atoms with Gasteiger partial charge in [-0.3, -0.25) is 10.4 Å². The Labute approximate surface area is 188 Å². The molecule has 3 aromatic rings. The van der Waals surface area contributed by atoms with Crippen molar-refractivity contribution in [2.24, 2.45) is 5.73 Å². The zero-order valence-corrected chi connectivity index (χ0v) is 18.7. The molecule has 1 aliphatic rings. The van der Waals surface area contributed by atoms with Crippen LogP contribution < -0.4 is 11.2 Å². The van der Waals surface area contributed by atoms with Crippen LogP contribution in [0.25, 0.3) is 0 Å². The summed E-state index contributed by atoms with van der Waals surface area (Å²) in [6.45, 7) is 0.196. The van der Waals surface area contributed by atoms with E-state index in [1.165, 1.54) is 28.5 Å². The van der Waals surface area contributed by atoms with Crippen LogP contribution in [0.2, 0.25) is 9.36 Å². The van der Waals surface area contributed by atoms with Crippen LogP contribution in [0.5, 0.6) is 0 Å². The van der Waals surface area contributed by atoms with E-state index < -0.39 is 20.6 Å². The number of benzene rings is 2. The minimum Gasteiger partial charge on any atom is -0.369 e. The van der Waals surface area contributed by atoms with Crippen molar-refractivity contribution >= 4 is 50.3 Å². The molecule has 4 rings (SSSR count). The van der Waals surface area contributed by atoms with Crippen LogP contribution in [0, 0.1) is 5.41 Å². The minimum absolute atomic E-state index is 0.107. The third-order valence-corrected chi connectivity index (χ3v) is 9.22. The standard InChI is InChI=1S/C20H18Cl2N4O2S2/c21-14-6-8-15(9-7-14)30(27,28)20(17-10-11-18(22)29-17)16(12-26(25-20)19(23)24)13-4-2-1-3-5-13/h1-11,16,25H,12H2,(H3,23,24). The molecule has 2 unspecified atom stereocenters. The molecule has 0 bridgehead atoms. The number of thiophene rings is 1. The zero-order valence-electron chi connectivity index (χ0n) is 15.5. The quantitative estimate of drug-likeness (QED) is 0.384. The van der Waals surface area contributed by atoms with Gasteiger partial charge >= 0.3 is 0 Å². The van der Waals surface area contributed by atoms with Crippen LogP contribution in [-0.2, 0) is 14.7 Å². The highest BCUT2D eigenvalue weighted by Crippen LogP contribution is 2.50. The third kappa shape index (κ3) is 3.38. The summed E-state index contributed by atoms with van der Waals surface area (Å²) in [7, 11) is -4.03. The molecule has 2 heterocycles. The molecular formula is C20H18Cl2N4O2S2. The molecule has 6 nitrogen and oxygen atoms in total. The molecule has 0 amide bonds. The van der Waals surface area contributed by atoms with Gasteiger partial charge in [0.15, 0.2) is 4.87 Å². The number of guanidine groups is 1. The Morgan fingerprint density at radius 2 is 1.77 bits per heavy atom. The molecule has 30 heavy (non-hydrogen) atoms. The van der Waals surface area contributed by atoms with Crippen LogP contribution in [0.3, 0.4) is 0 Å². The molecular weight excluding hydrogens is 463 g/mol. The topological polar surface area (TPSA) is 99.3 Å². The average molecular weight is 481 g/mol. The van der Waals surface area contributed by atoms with Crippen molar-refractivity contribution in [1.82, 2.24) is 10.4 Å². The summed E-state index contributed by atoms with van der Waals surface area (Å²) in [6.07, 6.45) is 0. The molecule has 0 spiro atoms. The Morgan fingerprint density at radius 3 is 2.33 bits per heavy atom. The first-order valence-electron chi connectivity index (χ1n) is 8.96. The summed E-state index contributed by atoms with van der Waals surface area (Å²) in [4.78, 5) is -0.985. The maximum atomic E-state index is 14.1.